The highest BCUT2D eigenvalue weighted by Gasteiger charge is 2.39. The van der Waals surface area contributed by atoms with E-state index in [1.165, 1.54) is 11.3 Å². The molecule has 0 radical (unpaired) electrons. The Morgan fingerprint density at radius 3 is 2.85 bits per heavy atom. The number of nitriles is 1. The molecule has 0 bridgehead atoms. The number of fused-ring (bicyclic) bond motifs is 1. The van der Waals surface area contributed by atoms with E-state index < -0.39 is 18.0 Å². The Morgan fingerprint density at radius 1 is 1.44 bits per heavy atom. The molecular formula is C19H24N4O3S. The molecular weight excluding hydrogens is 364 g/mol. The van der Waals surface area contributed by atoms with Gasteiger partial charge < -0.3 is 10.6 Å². The van der Waals surface area contributed by atoms with Crippen LogP contribution in [0.15, 0.2) is 0 Å². The maximum Gasteiger partial charge on any atom is 0.325 e. The van der Waals surface area contributed by atoms with E-state index in [4.69, 9.17) is 0 Å². The minimum atomic E-state index is -0.574. The first kappa shape index (κ1) is 19.4. The summed E-state index contributed by atoms with van der Waals surface area (Å²) in [7, 11) is 0. The van der Waals surface area contributed by atoms with Crippen molar-refractivity contribution in [2.45, 2.75) is 52.5 Å². The van der Waals surface area contributed by atoms with Crippen LogP contribution < -0.4 is 10.6 Å². The summed E-state index contributed by atoms with van der Waals surface area (Å²) in [6, 6.07) is 1.08. The molecule has 2 heterocycles. The highest BCUT2D eigenvalue weighted by atomic mass is 32.1. The Labute approximate surface area is 162 Å². The molecule has 2 aliphatic rings. The fourth-order valence-electron chi connectivity index (χ4n) is 3.62. The first-order valence-electron chi connectivity index (χ1n) is 9.26. The van der Waals surface area contributed by atoms with Crippen molar-refractivity contribution in [1.82, 2.24) is 10.2 Å². The fraction of sp³-hybridized carbons (Fsp3) is 0.579. The number of rotatable bonds is 5. The summed E-state index contributed by atoms with van der Waals surface area (Å²) in [5, 5.41) is 15.4. The third kappa shape index (κ3) is 3.98. The smallest absolute Gasteiger partial charge is 0.325 e. The maximum absolute atomic E-state index is 12.4. The van der Waals surface area contributed by atoms with Crippen molar-refractivity contribution in [3.8, 4) is 6.07 Å². The molecule has 1 fully saturated rings. The van der Waals surface area contributed by atoms with Gasteiger partial charge >= 0.3 is 6.03 Å². The Bertz CT molecular complexity index is 824. The van der Waals surface area contributed by atoms with Gasteiger partial charge in [-0.2, -0.15) is 5.26 Å². The second-order valence-corrected chi connectivity index (χ2v) is 8.88. The molecule has 1 aliphatic carbocycles. The number of urea groups is 1. The lowest BCUT2D eigenvalue weighted by Gasteiger charge is -2.17. The largest absolute Gasteiger partial charge is 0.326 e. The van der Waals surface area contributed by atoms with Crippen molar-refractivity contribution >= 4 is 34.2 Å². The quantitative estimate of drug-likeness (QED) is 0.757. The number of nitrogens with one attached hydrogen (secondary N) is 2. The standard InChI is InChI=1S/C19H24N4O3S/c1-10(2)6-14-18(25)23(19(26)21-14)9-16(24)22-17-13(8-20)12-5-4-11(3)7-15(12)27-17/h10-11,14H,4-7,9H2,1-3H3,(H,21,26)(H,22,24)/t11-,14+/m1/s1. The average Bonchev–Trinajstić information content (AvgIpc) is 3.05. The van der Waals surface area contributed by atoms with Crippen LogP contribution in [0, 0.1) is 23.2 Å². The van der Waals surface area contributed by atoms with Crippen LogP contribution in [-0.4, -0.2) is 35.3 Å². The van der Waals surface area contributed by atoms with Gasteiger partial charge in [0.05, 0.1) is 5.56 Å². The van der Waals surface area contributed by atoms with Gasteiger partial charge in [-0.3, -0.25) is 14.5 Å². The number of amides is 4. The van der Waals surface area contributed by atoms with Gasteiger partial charge in [-0.15, -0.1) is 11.3 Å². The van der Waals surface area contributed by atoms with Crippen LogP contribution in [0.1, 0.15) is 49.6 Å². The Kier molecular flexibility index (Phi) is 5.51. The van der Waals surface area contributed by atoms with E-state index in [0.29, 0.717) is 22.9 Å². The van der Waals surface area contributed by atoms with Crippen molar-refractivity contribution in [3.05, 3.63) is 16.0 Å². The number of nitrogens with zero attached hydrogens (tertiary/aromatic N) is 2. The van der Waals surface area contributed by atoms with Gasteiger partial charge in [0.15, 0.2) is 0 Å². The molecule has 1 aromatic rings. The second-order valence-electron chi connectivity index (χ2n) is 7.77. The minimum absolute atomic E-state index is 0.256. The molecule has 0 spiro atoms. The molecule has 0 saturated carbocycles. The van der Waals surface area contributed by atoms with Crippen LogP contribution >= 0.6 is 11.3 Å². The monoisotopic (exact) mass is 388 g/mol. The van der Waals surface area contributed by atoms with Gasteiger partial charge in [-0.25, -0.2) is 4.79 Å². The van der Waals surface area contributed by atoms with Crippen molar-refractivity contribution in [2.75, 3.05) is 11.9 Å². The molecule has 2 atom stereocenters. The Balaban J connectivity index is 1.69. The summed E-state index contributed by atoms with van der Waals surface area (Å²) in [6.07, 6.45) is 3.33. The van der Waals surface area contributed by atoms with Gasteiger partial charge in [-0.05, 0) is 43.1 Å². The molecule has 27 heavy (non-hydrogen) atoms. The van der Waals surface area contributed by atoms with E-state index in [1.54, 1.807) is 0 Å². The van der Waals surface area contributed by atoms with E-state index in [1.807, 2.05) is 13.8 Å². The Hall–Kier alpha value is -2.40. The summed E-state index contributed by atoms with van der Waals surface area (Å²) in [4.78, 5) is 39.0. The normalized spacial score (nSPS) is 21.8. The zero-order valence-electron chi connectivity index (χ0n) is 15.8. The zero-order chi connectivity index (χ0) is 19.7. The topological polar surface area (TPSA) is 102 Å². The number of carbonyl (C=O) groups is 3. The molecule has 0 aromatic carbocycles. The number of hydrogen-bond acceptors (Lipinski definition) is 5. The molecule has 1 saturated heterocycles. The summed E-state index contributed by atoms with van der Waals surface area (Å²) < 4.78 is 0. The fourth-order valence-corrected chi connectivity index (χ4v) is 5.00. The van der Waals surface area contributed by atoms with Crippen molar-refractivity contribution < 1.29 is 14.4 Å². The van der Waals surface area contributed by atoms with Crippen LogP contribution in [-0.2, 0) is 22.4 Å². The predicted octanol–water partition coefficient (Wildman–Crippen LogP) is 2.65. The lowest BCUT2D eigenvalue weighted by Crippen LogP contribution is -2.38. The molecule has 2 N–H and O–H groups in total. The van der Waals surface area contributed by atoms with Crippen LogP contribution in [0.3, 0.4) is 0 Å². The molecule has 3 rings (SSSR count). The van der Waals surface area contributed by atoms with Crippen LogP contribution in [0.25, 0.3) is 0 Å². The molecule has 4 amide bonds. The number of imide groups is 1. The molecule has 1 aromatic heterocycles. The van der Waals surface area contributed by atoms with Crippen LogP contribution in [0.4, 0.5) is 9.80 Å². The van der Waals surface area contributed by atoms with E-state index in [0.717, 1.165) is 34.6 Å². The molecule has 144 valence electrons. The Morgan fingerprint density at radius 2 is 2.19 bits per heavy atom. The molecule has 0 unspecified atom stereocenters. The van der Waals surface area contributed by atoms with Gasteiger partial charge in [0.2, 0.25) is 5.91 Å². The van der Waals surface area contributed by atoms with Crippen LogP contribution in [0.5, 0.6) is 0 Å². The predicted molar refractivity (Wildman–Crippen MR) is 102 cm³/mol. The maximum atomic E-state index is 12.4. The number of anilines is 1. The molecule has 7 nitrogen and oxygen atoms in total. The van der Waals surface area contributed by atoms with Gasteiger partial charge in [0.25, 0.3) is 5.91 Å². The number of hydrogen-bond donors (Lipinski definition) is 2. The van der Waals surface area contributed by atoms with Crippen molar-refractivity contribution in [3.63, 3.8) is 0 Å². The van der Waals surface area contributed by atoms with Gasteiger partial charge in [-0.1, -0.05) is 20.8 Å². The van der Waals surface area contributed by atoms with Crippen molar-refractivity contribution in [2.24, 2.45) is 11.8 Å². The van der Waals surface area contributed by atoms with Gasteiger partial charge in [0.1, 0.15) is 23.7 Å². The third-order valence-electron chi connectivity index (χ3n) is 4.99. The second kappa shape index (κ2) is 7.69. The van der Waals surface area contributed by atoms with E-state index >= 15 is 0 Å². The third-order valence-corrected chi connectivity index (χ3v) is 6.16. The molecule has 8 heteroatoms. The lowest BCUT2D eigenvalue weighted by molar-refractivity contribution is -0.131. The zero-order valence-corrected chi connectivity index (χ0v) is 16.6. The van der Waals surface area contributed by atoms with Gasteiger partial charge in [0, 0.05) is 4.88 Å². The average molecular weight is 388 g/mol. The van der Waals surface area contributed by atoms with E-state index in [-0.39, 0.29) is 18.4 Å². The molecule has 1 aliphatic heterocycles. The minimum Gasteiger partial charge on any atom is -0.326 e. The summed E-state index contributed by atoms with van der Waals surface area (Å²) in [6.45, 7) is 5.77. The highest BCUT2D eigenvalue weighted by molar-refractivity contribution is 7.16. The summed E-state index contributed by atoms with van der Waals surface area (Å²) in [5.41, 5.74) is 1.55. The number of thiophene rings is 1. The van der Waals surface area contributed by atoms with E-state index in [9.17, 15) is 19.6 Å². The first-order valence-corrected chi connectivity index (χ1v) is 10.1. The van der Waals surface area contributed by atoms with Crippen molar-refractivity contribution in [1.29, 1.82) is 5.26 Å². The lowest BCUT2D eigenvalue weighted by atomic mass is 9.89. The number of carbonyl (C=O) groups excluding carboxylic acids is 3. The van der Waals surface area contributed by atoms with E-state index in [2.05, 4.69) is 23.6 Å². The highest BCUT2D eigenvalue weighted by Crippen LogP contribution is 2.39. The van der Waals surface area contributed by atoms with Crippen LogP contribution in [0.2, 0.25) is 0 Å². The summed E-state index contributed by atoms with van der Waals surface area (Å²) in [5.74, 6) is -0.0170. The SMILES string of the molecule is CC(C)C[C@@H]1NC(=O)N(CC(=O)Nc2sc3c(c2C#N)CC[C@@H](C)C3)C1=O. The first-order chi connectivity index (χ1) is 12.8. The summed E-state index contributed by atoms with van der Waals surface area (Å²) >= 11 is 1.43.